The summed E-state index contributed by atoms with van der Waals surface area (Å²) in [5.41, 5.74) is 3.80. The highest BCUT2D eigenvalue weighted by atomic mass is 16.1. The van der Waals surface area contributed by atoms with Crippen LogP contribution in [0.1, 0.15) is 17.0 Å². The lowest BCUT2D eigenvalue weighted by atomic mass is 10.1. The SMILES string of the molecule is Cc1ccc2c(c1)Cc1nc3ncccc3c(=O)n1-2. The van der Waals surface area contributed by atoms with E-state index in [1.165, 1.54) is 5.56 Å². The first-order chi connectivity index (χ1) is 9.24. The number of hydrogen-bond acceptors (Lipinski definition) is 3. The highest BCUT2D eigenvalue weighted by Crippen LogP contribution is 2.26. The molecule has 1 aromatic carbocycles. The van der Waals surface area contributed by atoms with Crippen molar-refractivity contribution < 1.29 is 0 Å². The van der Waals surface area contributed by atoms with Gasteiger partial charge in [-0.25, -0.2) is 9.97 Å². The molecule has 1 aliphatic rings. The third-order valence-electron chi connectivity index (χ3n) is 3.54. The van der Waals surface area contributed by atoms with Crippen molar-refractivity contribution in [1.29, 1.82) is 0 Å². The summed E-state index contributed by atoms with van der Waals surface area (Å²) in [4.78, 5) is 21.2. The van der Waals surface area contributed by atoms with E-state index in [0.29, 0.717) is 17.5 Å². The fourth-order valence-electron chi connectivity index (χ4n) is 2.67. The van der Waals surface area contributed by atoms with Gasteiger partial charge in [0.15, 0.2) is 5.65 Å². The van der Waals surface area contributed by atoms with Crippen LogP contribution < -0.4 is 5.56 Å². The first-order valence-corrected chi connectivity index (χ1v) is 6.20. The zero-order valence-corrected chi connectivity index (χ0v) is 10.4. The Morgan fingerprint density at radius 2 is 2.16 bits per heavy atom. The van der Waals surface area contributed by atoms with Crippen LogP contribution in [0.3, 0.4) is 0 Å². The molecule has 0 atom stereocenters. The summed E-state index contributed by atoms with van der Waals surface area (Å²) in [6.07, 6.45) is 2.36. The quantitative estimate of drug-likeness (QED) is 0.479. The number of benzene rings is 1. The van der Waals surface area contributed by atoms with Gasteiger partial charge in [-0.05, 0) is 30.7 Å². The van der Waals surface area contributed by atoms with Crippen LogP contribution in [0.25, 0.3) is 16.7 Å². The van der Waals surface area contributed by atoms with Crippen LogP contribution in [0.4, 0.5) is 0 Å². The molecule has 0 fully saturated rings. The number of aryl methyl sites for hydroxylation is 1. The number of rotatable bonds is 0. The van der Waals surface area contributed by atoms with Gasteiger partial charge in [-0.15, -0.1) is 0 Å². The normalized spacial score (nSPS) is 12.5. The molecule has 1 aliphatic heterocycles. The van der Waals surface area contributed by atoms with Crippen LogP contribution >= 0.6 is 0 Å². The second-order valence-corrected chi connectivity index (χ2v) is 4.85. The molecule has 3 heterocycles. The van der Waals surface area contributed by atoms with Crippen molar-refractivity contribution in [3.8, 4) is 5.69 Å². The van der Waals surface area contributed by atoms with Gasteiger partial charge in [0, 0.05) is 12.6 Å². The monoisotopic (exact) mass is 249 g/mol. The molecule has 19 heavy (non-hydrogen) atoms. The van der Waals surface area contributed by atoms with Gasteiger partial charge in [0.2, 0.25) is 0 Å². The maximum atomic E-state index is 12.6. The highest BCUT2D eigenvalue weighted by Gasteiger charge is 2.22. The zero-order chi connectivity index (χ0) is 13.0. The topological polar surface area (TPSA) is 47.8 Å². The van der Waals surface area contributed by atoms with Crippen molar-refractivity contribution in [2.24, 2.45) is 0 Å². The van der Waals surface area contributed by atoms with Gasteiger partial charge < -0.3 is 0 Å². The highest BCUT2D eigenvalue weighted by molar-refractivity contribution is 5.74. The van der Waals surface area contributed by atoms with Crippen LogP contribution in [0.5, 0.6) is 0 Å². The molecule has 92 valence electrons. The average molecular weight is 249 g/mol. The molecular formula is C15H11N3O. The van der Waals surface area contributed by atoms with E-state index in [1.807, 2.05) is 12.1 Å². The molecule has 3 aromatic rings. The van der Waals surface area contributed by atoms with Crippen molar-refractivity contribution in [2.45, 2.75) is 13.3 Å². The number of hydrogen-bond donors (Lipinski definition) is 0. The first kappa shape index (κ1) is 10.4. The first-order valence-electron chi connectivity index (χ1n) is 6.20. The zero-order valence-electron chi connectivity index (χ0n) is 10.4. The fourth-order valence-corrected chi connectivity index (χ4v) is 2.67. The van der Waals surface area contributed by atoms with Gasteiger partial charge in [0.05, 0.1) is 11.1 Å². The van der Waals surface area contributed by atoms with E-state index in [2.05, 4.69) is 23.0 Å². The molecule has 0 aliphatic carbocycles. The van der Waals surface area contributed by atoms with Crippen LogP contribution in [0.2, 0.25) is 0 Å². The molecule has 4 rings (SSSR count). The molecule has 0 spiro atoms. The molecular weight excluding hydrogens is 238 g/mol. The number of fused-ring (bicyclic) bond motifs is 4. The molecule has 0 radical (unpaired) electrons. The van der Waals surface area contributed by atoms with Gasteiger partial charge in [-0.2, -0.15) is 0 Å². The predicted molar refractivity (Wildman–Crippen MR) is 72.7 cm³/mol. The predicted octanol–water partition coefficient (Wildman–Crippen LogP) is 1.99. The summed E-state index contributed by atoms with van der Waals surface area (Å²) in [5, 5.41) is 0.569. The van der Waals surface area contributed by atoms with Crippen LogP contribution in [-0.4, -0.2) is 14.5 Å². The summed E-state index contributed by atoms with van der Waals surface area (Å²) in [5.74, 6) is 0.775. The largest absolute Gasteiger partial charge is 0.268 e. The van der Waals surface area contributed by atoms with Crippen LogP contribution in [0.15, 0.2) is 41.3 Å². The molecule has 0 N–H and O–H groups in total. The van der Waals surface area contributed by atoms with E-state index in [-0.39, 0.29) is 5.56 Å². The van der Waals surface area contributed by atoms with E-state index < -0.39 is 0 Å². The molecule has 4 nitrogen and oxygen atoms in total. The Balaban J connectivity index is 2.13. The van der Waals surface area contributed by atoms with Crippen molar-refractivity contribution in [2.75, 3.05) is 0 Å². The second-order valence-electron chi connectivity index (χ2n) is 4.85. The summed E-state index contributed by atoms with van der Waals surface area (Å²) >= 11 is 0. The molecule has 0 saturated heterocycles. The summed E-state index contributed by atoms with van der Waals surface area (Å²) < 4.78 is 1.71. The Labute approximate surface area is 109 Å². The van der Waals surface area contributed by atoms with E-state index in [0.717, 1.165) is 17.1 Å². The Morgan fingerprint density at radius 3 is 3.05 bits per heavy atom. The molecule has 0 unspecified atom stereocenters. The minimum atomic E-state index is -0.0318. The average Bonchev–Trinajstić information content (AvgIpc) is 2.76. The summed E-state index contributed by atoms with van der Waals surface area (Å²) in [7, 11) is 0. The van der Waals surface area contributed by atoms with E-state index in [4.69, 9.17) is 0 Å². The molecule has 2 aromatic heterocycles. The van der Waals surface area contributed by atoms with Crippen LogP contribution in [-0.2, 0) is 6.42 Å². The molecule has 0 bridgehead atoms. The number of nitrogens with zero attached hydrogens (tertiary/aromatic N) is 3. The maximum Gasteiger partial charge on any atom is 0.267 e. The van der Waals surface area contributed by atoms with E-state index >= 15 is 0 Å². The summed E-state index contributed by atoms with van der Waals surface area (Å²) in [6, 6.07) is 9.67. The fraction of sp³-hybridized carbons (Fsp3) is 0.133. The Bertz CT molecular complexity index is 880. The van der Waals surface area contributed by atoms with E-state index in [9.17, 15) is 4.79 Å². The van der Waals surface area contributed by atoms with Gasteiger partial charge in [0.1, 0.15) is 5.82 Å². The second kappa shape index (κ2) is 3.51. The maximum absolute atomic E-state index is 12.6. The van der Waals surface area contributed by atoms with Gasteiger partial charge >= 0.3 is 0 Å². The van der Waals surface area contributed by atoms with Gasteiger partial charge in [-0.3, -0.25) is 9.36 Å². The smallest absolute Gasteiger partial charge is 0.267 e. The number of pyridine rings is 1. The molecule has 4 heteroatoms. The minimum absolute atomic E-state index is 0.0318. The standard InChI is InChI=1S/C15H11N3O/c1-9-4-5-12-10(7-9)8-13-17-14-11(3-2-6-16-14)15(19)18(12)13/h2-7H,8H2,1H3. The van der Waals surface area contributed by atoms with Crippen molar-refractivity contribution in [3.05, 3.63) is 63.8 Å². The number of aromatic nitrogens is 3. The van der Waals surface area contributed by atoms with Gasteiger partial charge in [-0.1, -0.05) is 17.7 Å². The Hall–Kier alpha value is -2.49. The summed E-state index contributed by atoms with van der Waals surface area (Å²) in [6.45, 7) is 2.05. The minimum Gasteiger partial charge on any atom is -0.268 e. The lowest BCUT2D eigenvalue weighted by Gasteiger charge is -2.05. The van der Waals surface area contributed by atoms with Crippen LogP contribution in [0, 0.1) is 6.92 Å². The lowest BCUT2D eigenvalue weighted by molar-refractivity contribution is 0.908. The third-order valence-corrected chi connectivity index (χ3v) is 3.54. The van der Waals surface area contributed by atoms with Gasteiger partial charge in [0.25, 0.3) is 5.56 Å². The van der Waals surface area contributed by atoms with Crippen molar-refractivity contribution in [3.63, 3.8) is 0 Å². The van der Waals surface area contributed by atoms with Crippen molar-refractivity contribution >= 4 is 11.0 Å². The molecule has 0 saturated carbocycles. The van der Waals surface area contributed by atoms with Crippen molar-refractivity contribution in [1.82, 2.24) is 14.5 Å². The lowest BCUT2D eigenvalue weighted by Crippen LogP contribution is -2.20. The Morgan fingerprint density at radius 1 is 1.26 bits per heavy atom. The third kappa shape index (κ3) is 1.37. The Kier molecular flexibility index (Phi) is 1.93. The molecule has 0 amide bonds. The van der Waals surface area contributed by atoms with E-state index in [1.54, 1.807) is 22.9 Å².